The van der Waals surface area contributed by atoms with Crippen LogP contribution in [0.1, 0.15) is 24.0 Å². The van der Waals surface area contributed by atoms with Crippen molar-refractivity contribution in [1.82, 2.24) is 9.29 Å². The summed E-state index contributed by atoms with van der Waals surface area (Å²) in [6.45, 7) is 0.541. The topological polar surface area (TPSA) is 59.5 Å². The number of alkyl halides is 3. The highest BCUT2D eigenvalue weighted by molar-refractivity contribution is 7.92. The molecular formula is C19H19F3N2O3S. The van der Waals surface area contributed by atoms with E-state index in [2.05, 4.69) is 4.98 Å². The van der Waals surface area contributed by atoms with Gasteiger partial charge in [-0.3, -0.25) is 0 Å². The molecule has 2 heterocycles. The Kier molecular flexibility index (Phi) is 6.04. The number of piperidine rings is 1. The van der Waals surface area contributed by atoms with Gasteiger partial charge >= 0.3 is 6.18 Å². The van der Waals surface area contributed by atoms with E-state index in [9.17, 15) is 21.6 Å². The van der Waals surface area contributed by atoms with Crippen molar-refractivity contribution < 1.29 is 26.3 Å². The number of hydrogen-bond donors (Lipinski definition) is 0. The smallest absolute Gasteiger partial charge is 0.417 e. The van der Waals surface area contributed by atoms with Gasteiger partial charge in [0.15, 0.2) is 0 Å². The average Bonchev–Trinajstić information content (AvgIpc) is 2.67. The molecule has 1 saturated heterocycles. The minimum atomic E-state index is -4.45. The Bertz CT molecular complexity index is 906. The third-order valence-corrected chi connectivity index (χ3v) is 5.91. The third kappa shape index (κ3) is 5.32. The van der Waals surface area contributed by atoms with Gasteiger partial charge in [0, 0.05) is 30.8 Å². The quantitative estimate of drug-likeness (QED) is 0.746. The first-order valence-corrected chi connectivity index (χ1v) is 10.2. The maximum atomic E-state index is 12.6. The van der Waals surface area contributed by atoms with Gasteiger partial charge in [0.25, 0.3) is 0 Å². The second-order valence-corrected chi connectivity index (χ2v) is 8.18. The van der Waals surface area contributed by atoms with Crippen molar-refractivity contribution in [2.75, 3.05) is 13.1 Å². The van der Waals surface area contributed by atoms with Gasteiger partial charge in [-0.05, 0) is 30.5 Å². The lowest BCUT2D eigenvalue weighted by molar-refractivity contribution is -0.137. The van der Waals surface area contributed by atoms with E-state index in [1.165, 1.54) is 15.8 Å². The Morgan fingerprint density at radius 2 is 1.75 bits per heavy atom. The molecule has 1 fully saturated rings. The lowest BCUT2D eigenvalue weighted by atomic mass is 10.1. The zero-order chi connectivity index (χ0) is 20.2. The van der Waals surface area contributed by atoms with E-state index < -0.39 is 21.8 Å². The largest absolute Gasteiger partial charge is 0.474 e. The number of nitrogens with zero attached hydrogens (tertiary/aromatic N) is 2. The number of rotatable bonds is 5. The minimum Gasteiger partial charge on any atom is -0.474 e. The maximum absolute atomic E-state index is 12.6. The van der Waals surface area contributed by atoms with Crippen LogP contribution in [0.5, 0.6) is 5.88 Å². The monoisotopic (exact) mass is 412 g/mol. The first kappa shape index (κ1) is 20.3. The predicted octanol–water partition coefficient (Wildman–Crippen LogP) is 3.94. The summed E-state index contributed by atoms with van der Waals surface area (Å²) in [5.74, 6) is 0.0956. The van der Waals surface area contributed by atoms with Gasteiger partial charge in [-0.25, -0.2) is 13.4 Å². The number of benzene rings is 1. The molecule has 0 radical (unpaired) electrons. The van der Waals surface area contributed by atoms with Crippen LogP contribution in [-0.4, -0.2) is 36.9 Å². The first-order chi connectivity index (χ1) is 13.2. The lowest BCUT2D eigenvalue weighted by Crippen LogP contribution is -2.40. The van der Waals surface area contributed by atoms with Crippen LogP contribution in [0.15, 0.2) is 54.1 Å². The van der Waals surface area contributed by atoms with E-state index in [-0.39, 0.29) is 25.1 Å². The highest BCUT2D eigenvalue weighted by Crippen LogP contribution is 2.29. The maximum Gasteiger partial charge on any atom is 0.417 e. The molecule has 28 heavy (non-hydrogen) atoms. The van der Waals surface area contributed by atoms with Crippen molar-refractivity contribution in [3.8, 4) is 5.88 Å². The predicted molar refractivity (Wildman–Crippen MR) is 98.9 cm³/mol. The number of sulfonamides is 1. The highest BCUT2D eigenvalue weighted by Gasteiger charge is 2.31. The van der Waals surface area contributed by atoms with Crippen molar-refractivity contribution in [3.05, 3.63) is 65.2 Å². The number of pyridine rings is 1. The molecule has 0 spiro atoms. The fourth-order valence-corrected chi connectivity index (χ4v) is 4.03. The molecule has 1 aromatic heterocycles. The van der Waals surface area contributed by atoms with Gasteiger partial charge in [0.1, 0.15) is 6.10 Å². The molecule has 3 rings (SSSR count). The number of hydrogen-bond acceptors (Lipinski definition) is 4. The summed E-state index contributed by atoms with van der Waals surface area (Å²) in [6, 6.07) is 11.2. The normalized spacial score (nSPS) is 17.1. The second-order valence-electron chi connectivity index (χ2n) is 6.36. The number of ether oxygens (including phenoxy) is 1. The fourth-order valence-electron chi connectivity index (χ4n) is 2.81. The summed E-state index contributed by atoms with van der Waals surface area (Å²) in [4.78, 5) is 3.68. The zero-order valence-corrected chi connectivity index (χ0v) is 15.7. The molecule has 0 atom stereocenters. The van der Waals surface area contributed by atoms with Crippen LogP contribution in [0.3, 0.4) is 0 Å². The highest BCUT2D eigenvalue weighted by atomic mass is 32.2. The Labute approximate surface area is 161 Å². The molecule has 2 aromatic rings. The Hall–Kier alpha value is -2.39. The number of halogens is 3. The molecule has 1 aliphatic rings. The van der Waals surface area contributed by atoms with Gasteiger partial charge in [-0.15, -0.1) is 0 Å². The van der Waals surface area contributed by atoms with Crippen LogP contribution >= 0.6 is 0 Å². The Morgan fingerprint density at radius 3 is 2.32 bits per heavy atom. The van der Waals surface area contributed by atoms with Crippen LogP contribution in [0.25, 0.3) is 6.08 Å². The summed E-state index contributed by atoms with van der Waals surface area (Å²) >= 11 is 0. The van der Waals surface area contributed by atoms with Crippen molar-refractivity contribution in [3.63, 3.8) is 0 Å². The van der Waals surface area contributed by atoms with Crippen LogP contribution in [0.2, 0.25) is 0 Å². The fraction of sp³-hybridized carbons (Fsp3) is 0.316. The van der Waals surface area contributed by atoms with Crippen molar-refractivity contribution in [1.29, 1.82) is 0 Å². The molecule has 0 saturated carbocycles. The van der Waals surface area contributed by atoms with Gasteiger partial charge in [0.05, 0.1) is 5.56 Å². The van der Waals surface area contributed by atoms with Gasteiger partial charge in [-0.1, -0.05) is 30.3 Å². The molecule has 5 nitrogen and oxygen atoms in total. The molecule has 0 N–H and O–H groups in total. The summed E-state index contributed by atoms with van der Waals surface area (Å²) in [5.41, 5.74) is -0.0522. The molecule has 0 aliphatic carbocycles. The molecule has 0 unspecified atom stereocenters. The second kappa shape index (κ2) is 8.32. The van der Waals surface area contributed by atoms with Crippen LogP contribution in [0.4, 0.5) is 13.2 Å². The van der Waals surface area contributed by atoms with Crippen LogP contribution in [-0.2, 0) is 16.2 Å². The molecule has 0 bridgehead atoms. The minimum absolute atomic E-state index is 0.0956. The standard InChI is InChI=1S/C19H19F3N2O3S/c20-19(21,22)16-6-7-18(23-14-16)27-17-8-11-24(12-9-17)28(25,26)13-10-15-4-2-1-3-5-15/h1-7,10,13-14,17H,8-9,11-12H2. The average molecular weight is 412 g/mol. The summed E-state index contributed by atoms with van der Waals surface area (Å²) in [5, 5.41) is 1.18. The lowest BCUT2D eigenvalue weighted by Gasteiger charge is -2.30. The molecule has 1 aromatic carbocycles. The van der Waals surface area contributed by atoms with E-state index in [0.29, 0.717) is 12.8 Å². The van der Waals surface area contributed by atoms with E-state index in [1.807, 2.05) is 30.3 Å². The summed E-state index contributed by atoms with van der Waals surface area (Å²) < 4.78 is 69.5. The van der Waals surface area contributed by atoms with Crippen LogP contribution < -0.4 is 4.74 Å². The third-order valence-electron chi connectivity index (χ3n) is 4.34. The van der Waals surface area contributed by atoms with Crippen molar-refractivity contribution >= 4 is 16.1 Å². The summed E-state index contributed by atoms with van der Waals surface area (Å²) in [6.07, 6.45) is -1.61. The molecule has 9 heteroatoms. The number of aromatic nitrogens is 1. The van der Waals surface area contributed by atoms with E-state index in [1.54, 1.807) is 6.08 Å². The van der Waals surface area contributed by atoms with E-state index in [4.69, 9.17) is 4.74 Å². The van der Waals surface area contributed by atoms with Gasteiger partial charge in [0.2, 0.25) is 15.9 Å². The molecule has 1 aliphatic heterocycles. The van der Waals surface area contributed by atoms with E-state index in [0.717, 1.165) is 17.8 Å². The van der Waals surface area contributed by atoms with Crippen LogP contribution in [0, 0.1) is 0 Å². The molecule has 150 valence electrons. The Balaban J connectivity index is 1.54. The Morgan fingerprint density at radius 1 is 1.07 bits per heavy atom. The van der Waals surface area contributed by atoms with Crippen molar-refractivity contribution in [2.24, 2.45) is 0 Å². The molecular weight excluding hydrogens is 393 g/mol. The van der Waals surface area contributed by atoms with Gasteiger partial charge in [-0.2, -0.15) is 17.5 Å². The van der Waals surface area contributed by atoms with Gasteiger partial charge < -0.3 is 4.74 Å². The first-order valence-electron chi connectivity index (χ1n) is 8.67. The van der Waals surface area contributed by atoms with E-state index >= 15 is 0 Å². The SMILES string of the molecule is O=S(=O)(C=Cc1ccccc1)N1CCC(Oc2ccc(C(F)(F)F)cn2)CC1. The summed E-state index contributed by atoms with van der Waals surface area (Å²) in [7, 11) is -3.54. The zero-order valence-electron chi connectivity index (χ0n) is 14.8. The molecule has 0 amide bonds. The van der Waals surface area contributed by atoms with Crippen molar-refractivity contribution in [2.45, 2.75) is 25.1 Å².